The quantitative estimate of drug-likeness (QED) is 0.384. The van der Waals surface area contributed by atoms with Gasteiger partial charge in [0.2, 0.25) is 0 Å². The first-order chi connectivity index (χ1) is 13.6. The Kier molecular flexibility index (Phi) is 8.64. The highest BCUT2D eigenvalue weighted by Gasteiger charge is 2.26. The van der Waals surface area contributed by atoms with Gasteiger partial charge in [0, 0.05) is 17.2 Å². The minimum absolute atomic E-state index is 0.00544. The van der Waals surface area contributed by atoms with Crippen LogP contribution >= 0.6 is 0 Å². The molecule has 0 aromatic heterocycles. The van der Waals surface area contributed by atoms with Crippen molar-refractivity contribution in [3.05, 3.63) is 58.7 Å². The molecule has 30 heavy (non-hydrogen) atoms. The van der Waals surface area contributed by atoms with E-state index in [4.69, 9.17) is 9.84 Å². The molecule has 0 amide bonds. The van der Waals surface area contributed by atoms with Crippen LogP contribution in [0, 0.1) is 0 Å². The van der Waals surface area contributed by atoms with Gasteiger partial charge < -0.3 is 9.84 Å². The molecule has 1 atom stereocenters. The van der Waals surface area contributed by atoms with Crippen molar-refractivity contribution < 1.29 is 19.0 Å². The molecule has 0 saturated heterocycles. The van der Waals surface area contributed by atoms with E-state index in [1.807, 2.05) is 19.1 Å². The zero-order valence-electron chi connectivity index (χ0n) is 19.9. The fourth-order valence-electron chi connectivity index (χ4n) is 2.94. The normalized spacial score (nSPS) is 14.9. The van der Waals surface area contributed by atoms with Crippen molar-refractivity contribution in [1.82, 2.24) is 0 Å². The van der Waals surface area contributed by atoms with Gasteiger partial charge in [0.15, 0.2) is 0 Å². The van der Waals surface area contributed by atoms with Crippen molar-refractivity contribution in [2.45, 2.75) is 79.3 Å². The second kappa shape index (κ2) is 10.1. The van der Waals surface area contributed by atoms with Gasteiger partial charge in [0.25, 0.3) is 0 Å². The number of aliphatic carboxylic acids is 1. The maximum Gasteiger partial charge on any atom is 0.328 e. The van der Waals surface area contributed by atoms with E-state index in [1.165, 1.54) is 12.5 Å². The van der Waals surface area contributed by atoms with E-state index in [0.717, 1.165) is 22.8 Å². The van der Waals surface area contributed by atoms with E-state index in [-0.39, 0.29) is 17.4 Å². The molecule has 1 unspecified atom stereocenters. The van der Waals surface area contributed by atoms with Gasteiger partial charge in [-0.3, -0.25) is 0 Å². The minimum atomic E-state index is -1.07. The lowest BCUT2D eigenvalue weighted by Crippen LogP contribution is -2.20. The van der Waals surface area contributed by atoms with Crippen LogP contribution in [-0.2, 0) is 15.6 Å². The number of rotatable bonds is 7. The van der Waals surface area contributed by atoms with E-state index >= 15 is 0 Å². The largest absolute Gasteiger partial charge is 0.490 e. The molecule has 4 heteroatoms. The Bertz CT molecular complexity index is 844. The Balaban J connectivity index is 3.63. The van der Waals surface area contributed by atoms with Crippen LogP contribution in [-0.4, -0.2) is 23.9 Å². The number of carboxylic acids is 1. The molecule has 1 N–H and O–H groups in total. The van der Waals surface area contributed by atoms with Gasteiger partial charge in [0.05, 0.1) is 0 Å². The first-order valence-electron chi connectivity index (χ1n) is 10.4. The zero-order chi connectivity index (χ0) is 23.3. The molecule has 1 aromatic rings. The smallest absolute Gasteiger partial charge is 0.328 e. The molecule has 0 bridgehead atoms. The topological polar surface area (TPSA) is 46.5 Å². The van der Waals surface area contributed by atoms with Crippen LogP contribution < -0.4 is 4.74 Å². The van der Waals surface area contributed by atoms with Gasteiger partial charge in [-0.15, -0.1) is 0 Å². The molecular formula is C26H37FO3. The second-order valence-electron chi connectivity index (χ2n) is 9.93. The standard InChI is InChI=1S/C26H37FO3/c1-17(13-23(28)29)11-10-12-18(2)21-14-20(25(4,5)6)15-22(26(7,8)9)24(21)30-16-19(3)27/h10-15,19H,16H2,1-9H3,(H,28,29)/b11-10-,17-13+,18-12+. The van der Waals surface area contributed by atoms with Crippen LogP contribution in [0.4, 0.5) is 4.39 Å². The third-order valence-corrected chi connectivity index (χ3v) is 4.70. The number of hydrogen-bond acceptors (Lipinski definition) is 2. The number of alkyl halides is 1. The fraction of sp³-hybridized carbons (Fsp3) is 0.500. The highest BCUT2D eigenvalue weighted by molar-refractivity contribution is 5.81. The molecule has 1 rings (SSSR count). The lowest BCUT2D eigenvalue weighted by Gasteiger charge is -2.29. The first kappa shape index (κ1) is 25.7. The lowest BCUT2D eigenvalue weighted by molar-refractivity contribution is -0.131. The van der Waals surface area contributed by atoms with Crippen LogP contribution in [0.1, 0.15) is 79.0 Å². The monoisotopic (exact) mass is 416 g/mol. The summed E-state index contributed by atoms with van der Waals surface area (Å²) in [7, 11) is 0. The number of halogens is 1. The lowest BCUT2D eigenvalue weighted by atomic mass is 9.78. The molecule has 0 spiro atoms. The Morgan fingerprint density at radius 1 is 1.13 bits per heavy atom. The summed E-state index contributed by atoms with van der Waals surface area (Å²) >= 11 is 0. The highest BCUT2D eigenvalue weighted by Crippen LogP contribution is 2.41. The van der Waals surface area contributed by atoms with Crippen LogP contribution in [0.5, 0.6) is 5.75 Å². The van der Waals surface area contributed by atoms with Crippen LogP contribution in [0.3, 0.4) is 0 Å². The summed E-state index contributed by atoms with van der Waals surface area (Å²) in [4.78, 5) is 10.8. The Morgan fingerprint density at radius 3 is 2.20 bits per heavy atom. The predicted octanol–water partition coefficient (Wildman–Crippen LogP) is 7.01. The average Bonchev–Trinajstić information content (AvgIpc) is 2.56. The SMILES string of the molecule is CC(/C=C\C=C(/C)c1cc(C(C)(C)C)cc(C(C)(C)C)c1OCC(C)F)=C\C(=O)O. The Morgan fingerprint density at radius 2 is 1.73 bits per heavy atom. The molecule has 1 aromatic carbocycles. The highest BCUT2D eigenvalue weighted by atomic mass is 19.1. The number of carboxylic acid groups (broad SMARTS) is 1. The molecule has 0 aliphatic rings. The molecule has 0 aliphatic carbocycles. The summed E-state index contributed by atoms with van der Waals surface area (Å²) in [5, 5.41) is 8.85. The van der Waals surface area contributed by atoms with Gasteiger partial charge in [-0.1, -0.05) is 65.8 Å². The zero-order valence-corrected chi connectivity index (χ0v) is 19.9. The van der Waals surface area contributed by atoms with Gasteiger partial charge in [-0.25, -0.2) is 9.18 Å². The number of benzene rings is 1. The molecule has 0 radical (unpaired) electrons. The van der Waals surface area contributed by atoms with Crippen molar-refractivity contribution in [3.8, 4) is 5.75 Å². The van der Waals surface area contributed by atoms with Gasteiger partial charge in [-0.05, 0) is 54.4 Å². The van der Waals surface area contributed by atoms with Gasteiger partial charge >= 0.3 is 5.97 Å². The first-order valence-corrected chi connectivity index (χ1v) is 10.4. The summed E-state index contributed by atoms with van der Waals surface area (Å²) in [6, 6.07) is 4.29. The molecule has 0 heterocycles. The van der Waals surface area contributed by atoms with E-state index in [2.05, 4.69) is 53.7 Å². The van der Waals surface area contributed by atoms with E-state index < -0.39 is 12.1 Å². The third-order valence-electron chi connectivity index (χ3n) is 4.70. The van der Waals surface area contributed by atoms with E-state index in [9.17, 15) is 9.18 Å². The molecule has 0 fully saturated rings. The van der Waals surface area contributed by atoms with Gasteiger partial charge in [0.1, 0.15) is 18.5 Å². The summed E-state index contributed by atoms with van der Waals surface area (Å²) in [6.45, 7) is 18.1. The van der Waals surface area contributed by atoms with E-state index in [0.29, 0.717) is 11.3 Å². The maximum absolute atomic E-state index is 13.6. The van der Waals surface area contributed by atoms with Crippen molar-refractivity contribution >= 4 is 11.5 Å². The molecule has 0 saturated carbocycles. The Labute approximate surface area is 181 Å². The number of hydrogen-bond donors (Lipinski definition) is 1. The molecule has 166 valence electrons. The Hall–Kier alpha value is -2.36. The number of ether oxygens (including phenoxy) is 1. The van der Waals surface area contributed by atoms with Crippen LogP contribution in [0.25, 0.3) is 5.57 Å². The fourth-order valence-corrected chi connectivity index (χ4v) is 2.94. The molecule has 0 aliphatic heterocycles. The predicted molar refractivity (Wildman–Crippen MR) is 124 cm³/mol. The van der Waals surface area contributed by atoms with Crippen LogP contribution in [0.2, 0.25) is 0 Å². The van der Waals surface area contributed by atoms with Crippen LogP contribution in [0.15, 0.2) is 42.0 Å². The maximum atomic E-state index is 13.6. The summed E-state index contributed by atoms with van der Waals surface area (Å²) in [5.74, 6) is -0.262. The number of allylic oxidation sites excluding steroid dienone is 5. The second-order valence-corrected chi connectivity index (χ2v) is 9.93. The summed E-state index contributed by atoms with van der Waals surface area (Å²) < 4.78 is 19.6. The van der Waals surface area contributed by atoms with Gasteiger partial charge in [-0.2, -0.15) is 0 Å². The van der Waals surface area contributed by atoms with E-state index in [1.54, 1.807) is 13.0 Å². The molecular weight excluding hydrogens is 379 g/mol. The van der Waals surface area contributed by atoms with Crippen molar-refractivity contribution in [2.75, 3.05) is 6.61 Å². The average molecular weight is 417 g/mol. The summed E-state index contributed by atoms with van der Waals surface area (Å²) in [6.07, 6.45) is 5.60. The number of carbonyl (C=O) groups is 1. The van der Waals surface area contributed by atoms with Crippen molar-refractivity contribution in [1.29, 1.82) is 0 Å². The van der Waals surface area contributed by atoms with Crippen molar-refractivity contribution in [2.24, 2.45) is 0 Å². The minimum Gasteiger partial charge on any atom is -0.490 e. The summed E-state index contributed by atoms with van der Waals surface area (Å²) in [5.41, 5.74) is 4.53. The van der Waals surface area contributed by atoms with Crippen molar-refractivity contribution in [3.63, 3.8) is 0 Å². The third kappa shape index (κ3) is 7.81. The molecule has 3 nitrogen and oxygen atoms in total.